The van der Waals surface area contributed by atoms with Gasteiger partial charge in [0.05, 0.1) is 28.4 Å². The molecule has 7 heteroatoms. The molecular formula is C24H27FO6. The molecule has 0 radical (unpaired) electrons. The van der Waals surface area contributed by atoms with Crippen LogP contribution < -0.4 is 18.9 Å². The van der Waals surface area contributed by atoms with Crippen molar-refractivity contribution in [1.82, 2.24) is 0 Å². The summed E-state index contributed by atoms with van der Waals surface area (Å²) in [5.41, 5.74) is -1.24. The first-order chi connectivity index (χ1) is 14.8. The lowest BCUT2D eigenvalue weighted by atomic mass is 9.92. The Morgan fingerprint density at radius 3 is 2.00 bits per heavy atom. The van der Waals surface area contributed by atoms with Crippen LogP contribution >= 0.6 is 0 Å². The highest BCUT2D eigenvalue weighted by atomic mass is 19.1. The Kier molecular flexibility index (Phi) is 8.19. The number of hydrogen-bond acceptors (Lipinski definition) is 6. The Hall–Kier alpha value is -3.35. The minimum Gasteiger partial charge on any atom is -0.493 e. The van der Waals surface area contributed by atoms with Crippen LogP contribution in [0.3, 0.4) is 0 Å². The Bertz CT molecular complexity index is 965. The molecule has 0 aliphatic rings. The summed E-state index contributed by atoms with van der Waals surface area (Å²) in [4.78, 5) is 24.8. The van der Waals surface area contributed by atoms with E-state index in [-0.39, 0.29) is 12.8 Å². The molecule has 2 aromatic rings. The third kappa shape index (κ3) is 5.84. The van der Waals surface area contributed by atoms with E-state index in [9.17, 15) is 14.0 Å². The summed E-state index contributed by atoms with van der Waals surface area (Å²) in [7, 11) is 6.04. The van der Waals surface area contributed by atoms with Gasteiger partial charge < -0.3 is 18.9 Å². The third-order valence-corrected chi connectivity index (χ3v) is 4.91. The van der Waals surface area contributed by atoms with Gasteiger partial charge in [-0.3, -0.25) is 9.59 Å². The second-order valence-electron chi connectivity index (χ2n) is 6.93. The minimum absolute atomic E-state index is 0.127. The van der Waals surface area contributed by atoms with Crippen LogP contribution in [0.2, 0.25) is 0 Å². The van der Waals surface area contributed by atoms with E-state index in [0.717, 1.165) is 18.6 Å². The Morgan fingerprint density at radius 2 is 1.42 bits per heavy atom. The second-order valence-corrected chi connectivity index (χ2v) is 6.93. The molecule has 6 nitrogen and oxygen atoms in total. The maximum Gasteiger partial charge on any atom is 0.227 e. The lowest BCUT2D eigenvalue weighted by Gasteiger charge is -2.16. The lowest BCUT2D eigenvalue weighted by Crippen LogP contribution is -2.38. The average molecular weight is 430 g/mol. The standard InChI is InChI=1S/C24H27FO6/c1-24(25,22(26)12-8-16-6-10-18(28-2)20(14-16)30-4)23(27)13-9-17-7-11-19(29-3)21(15-17)31-5/h6-8,10-12,14-15H,9,13H2,1-5H3/b12-8+. The first-order valence-electron chi connectivity index (χ1n) is 9.64. The predicted molar refractivity (Wildman–Crippen MR) is 116 cm³/mol. The van der Waals surface area contributed by atoms with Gasteiger partial charge in [-0.25, -0.2) is 4.39 Å². The van der Waals surface area contributed by atoms with Crippen LogP contribution in [0.25, 0.3) is 6.08 Å². The van der Waals surface area contributed by atoms with Crippen LogP contribution in [-0.2, 0) is 16.0 Å². The average Bonchev–Trinajstić information content (AvgIpc) is 2.80. The van der Waals surface area contributed by atoms with Gasteiger partial charge in [-0.15, -0.1) is 0 Å². The van der Waals surface area contributed by atoms with Crippen LogP contribution in [0.5, 0.6) is 23.0 Å². The minimum atomic E-state index is -2.62. The molecule has 0 spiro atoms. The quantitative estimate of drug-likeness (QED) is 0.392. The fourth-order valence-corrected chi connectivity index (χ4v) is 2.95. The van der Waals surface area contributed by atoms with Gasteiger partial charge in [-0.05, 0) is 54.8 Å². The highest BCUT2D eigenvalue weighted by molar-refractivity contribution is 6.15. The molecule has 0 aliphatic carbocycles. The van der Waals surface area contributed by atoms with Crippen LogP contribution in [0.4, 0.5) is 4.39 Å². The molecule has 0 N–H and O–H groups in total. The number of carbonyl (C=O) groups is 2. The van der Waals surface area contributed by atoms with Crippen molar-refractivity contribution >= 4 is 17.6 Å². The van der Waals surface area contributed by atoms with Gasteiger partial charge in [-0.2, -0.15) is 0 Å². The van der Waals surface area contributed by atoms with Crippen LogP contribution in [0, 0.1) is 0 Å². The highest BCUT2D eigenvalue weighted by Gasteiger charge is 2.38. The molecule has 166 valence electrons. The molecule has 0 saturated heterocycles. The van der Waals surface area contributed by atoms with E-state index in [1.54, 1.807) is 36.4 Å². The first kappa shape index (κ1) is 23.9. The molecule has 0 bridgehead atoms. The fourth-order valence-electron chi connectivity index (χ4n) is 2.95. The summed E-state index contributed by atoms with van der Waals surface area (Å²) in [6.07, 6.45) is 2.64. The van der Waals surface area contributed by atoms with Gasteiger partial charge in [0.15, 0.2) is 34.6 Å². The lowest BCUT2D eigenvalue weighted by molar-refractivity contribution is -0.139. The van der Waals surface area contributed by atoms with Crippen LogP contribution in [0.1, 0.15) is 24.5 Å². The number of rotatable bonds is 11. The Morgan fingerprint density at radius 1 is 0.871 bits per heavy atom. The fraction of sp³-hybridized carbons (Fsp3) is 0.333. The van der Waals surface area contributed by atoms with Crippen LogP contribution in [0.15, 0.2) is 42.5 Å². The van der Waals surface area contributed by atoms with Gasteiger partial charge in [-0.1, -0.05) is 18.2 Å². The summed E-state index contributed by atoms with van der Waals surface area (Å²) in [5.74, 6) is 0.384. The zero-order valence-corrected chi connectivity index (χ0v) is 18.4. The summed E-state index contributed by atoms with van der Waals surface area (Å²) in [5, 5.41) is 0. The Labute approximate surface area is 181 Å². The van der Waals surface area contributed by atoms with Crippen molar-refractivity contribution in [2.75, 3.05) is 28.4 Å². The first-order valence-corrected chi connectivity index (χ1v) is 9.64. The van der Waals surface area contributed by atoms with Crippen molar-refractivity contribution in [2.45, 2.75) is 25.4 Å². The predicted octanol–water partition coefficient (Wildman–Crippen LogP) is 4.23. The van der Waals surface area contributed by atoms with Gasteiger partial charge in [0.2, 0.25) is 5.67 Å². The maximum absolute atomic E-state index is 15.0. The molecular weight excluding hydrogens is 403 g/mol. The van der Waals surface area contributed by atoms with Crippen molar-refractivity contribution in [2.24, 2.45) is 0 Å². The van der Waals surface area contributed by atoms with Crippen LogP contribution in [-0.4, -0.2) is 45.7 Å². The summed E-state index contributed by atoms with van der Waals surface area (Å²) >= 11 is 0. The molecule has 2 aromatic carbocycles. The van der Waals surface area contributed by atoms with E-state index in [1.807, 2.05) is 0 Å². The highest BCUT2D eigenvalue weighted by Crippen LogP contribution is 2.29. The molecule has 0 saturated carbocycles. The van der Waals surface area contributed by atoms with Crippen molar-refractivity contribution in [3.63, 3.8) is 0 Å². The summed E-state index contributed by atoms with van der Waals surface area (Å²) in [6, 6.07) is 10.2. The molecule has 0 amide bonds. The van der Waals surface area contributed by atoms with Crippen molar-refractivity contribution in [1.29, 1.82) is 0 Å². The molecule has 1 unspecified atom stereocenters. The number of halogens is 1. The van der Waals surface area contributed by atoms with E-state index >= 15 is 0 Å². The van der Waals surface area contributed by atoms with Crippen molar-refractivity contribution < 1.29 is 32.9 Å². The second kappa shape index (κ2) is 10.6. The number of Topliss-reactive ketones (excluding diaryl/α,β-unsaturated/α-hetero) is 1. The number of methoxy groups -OCH3 is 4. The van der Waals surface area contributed by atoms with Gasteiger partial charge >= 0.3 is 0 Å². The normalized spacial score (nSPS) is 12.8. The van der Waals surface area contributed by atoms with E-state index in [0.29, 0.717) is 28.6 Å². The van der Waals surface area contributed by atoms with E-state index in [4.69, 9.17) is 18.9 Å². The van der Waals surface area contributed by atoms with Gasteiger partial charge in [0.25, 0.3) is 0 Å². The zero-order valence-electron chi connectivity index (χ0n) is 18.4. The third-order valence-electron chi connectivity index (χ3n) is 4.91. The van der Waals surface area contributed by atoms with Crippen molar-refractivity contribution in [3.05, 3.63) is 53.6 Å². The molecule has 0 aromatic heterocycles. The smallest absolute Gasteiger partial charge is 0.227 e. The number of hydrogen-bond donors (Lipinski definition) is 0. The number of ketones is 2. The molecule has 2 rings (SSSR count). The van der Waals surface area contributed by atoms with Gasteiger partial charge in [0.1, 0.15) is 0 Å². The van der Waals surface area contributed by atoms with E-state index in [2.05, 4.69) is 0 Å². The van der Waals surface area contributed by atoms with E-state index < -0.39 is 17.2 Å². The number of benzene rings is 2. The molecule has 31 heavy (non-hydrogen) atoms. The topological polar surface area (TPSA) is 71.1 Å². The number of aryl methyl sites for hydroxylation is 1. The summed E-state index contributed by atoms with van der Waals surface area (Å²) in [6.45, 7) is 0.991. The number of alkyl halides is 1. The molecule has 0 fully saturated rings. The number of carbonyl (C=O) groups excluding carboxylic acids is 2. The largest absolute Gasteiger partial charge is 0.493 e. The monoisotopic (exact) mass is 430 g/mol. The molecule has 1 atom stereocenters. The number of ether oxygens (including phenoxy) is 4. The van der Waals surface area contributed by atoms with Gasteiger partial charge in [0, 0.05) is 6.42 Å². The SMILES string of the molecule is COc1ccc(/C=C/C(=O)C(C)(F)C(=O)CCc2ccc(OC)c(OC)c2)cc1OC. The molecule has 0 aliphatic heterocycles. The summed E-state index contributed by atoms with van der Waals surface area (Å²) < 4.78 is 35.7. The molecule has 0 heterocycles. The maximum atomic E-state index is 15.0. The van der Waals surface area contributed by atoms with Crippen molar-refractivity contribution in [3.8, 4) is 23.0 Å². The zero-order chi connectivity index (χ0) is 23.0. The number of allylic oxidation sites excluding steroid dienone is 1. The Balaban J connectivity index is 2.05. The van der Waals surface area contributed by atoms with E-state index in [1.165, 1.54) is 34.5 Å².